The van der Waals surface area contributed by atoms with Crippen LogP contribution in [0.25, 0.3) is 0 Å². The minimum Gasteiger partial charge on any atom is -0.337 e. The largest absolute Gasteiger partial charge is 0.337 e. The summed E-state index contributed by atoms with van der Waals surface area (Å²) in [5.74, 6) is 0.566. The molecule has 2 atom stereocenters. The van der Waals surface area contributed by atoms with Gasteiger partial charge >= 0.3 is 0 Å². The Labute approximate surface area is 113 Å². The van der Waals surface area contributed by atoms with Gasteiger partial charge < -0.3 is 10.6 Å². The van der Waals surface area contributed by atoms with E-state index in [1.54, 1.807) is 4.90 Å². The Morgan fingerprint density at radius 3 is 2.53 bits per heavy atom. The molecule has 1 aromatic rings. The van der Waals surface area contributed by atoms with Crippen LogP contribution in [0.1, 0.15) is 30.6 Å². The molecule has 2 rings (SSSR count). The predicted molar refractivity (Wildman–Crippen MR) is 73.2 cm³/mol. The van der Waals surface area contributed by atoms with E-state index >= 15 is 0 Å². The first kappa shape index (κ1) is 14.0. The second kappa shape index (κ2) is 5.70. The molecule has 3 nitrogen and oxygen atoms in total. The molecule has 0 saturated carbocycles. The van der Waals surface area contributed by atoms with Gasteiger partial charge in [0.15, 0.2) is 0 Å². The van der Waals surface area contributed by atoms with E-state index < -0.39 is 0 Å². The SMILES string of the molecule is CC(C)C1CC(N)CN(C(=O)c2ccc(F)cc2)C1. The highest BCUT2D eigenvalue weighted by Crippen LogP contribution is 2.24. The third kappa shape index (κ3) is 3.32. The number of piperidine rings is 1. The minimum absolute atomic E-state index is 0.0329. The van der Waals surface area contributed by atoms with E-state index in [1.165, 1.54) is 24.3 Å². The number of likely N-dealkylation sites (tertiary alicyclic amines) is 1. The highest BCUT2D eigenvalue weighted by molar-refractivity contribution is 5.94. The molecule has 0 spiro atoms. The second-order valence-corrected chi connectivity index (χ2v) is 5.72. The van der Waals surface area contributed by atoms with Gasteiger partial charge in [-0.3, -0.25) is 4.79 Å². The van der Waals surface area contributed by atoms with Crippen LogP contribution >= 0.6 is 0 Å². The summed E-state index contributed by atoms with van der Waals surface area (Å²) in [5, 5.41) is 0. The van der Waals surface area contributed by atoms with Crippen molar-refractivity contribution in [3.05, 3.63) is 35.6 Å². The van der Waals surface area contributed by atoms with Crippen LogP contribution in [0.3, 0.4) is 0 Å². The number of rotatable bonds is 2. The highest BCUT2D eigenvalue weighted by Gasteiger charge is 2.30. The van der Waals surface area contributed by atoms with Crippen molar-refractivity contribution in [3.8, 4) is 0 Å². The van der Waals surface area contributed by atoms with E-state index in [-0.39, 0.29) is 17.8 Å². The molecule has 1 amide bonds. The topological polar surface area (TPSA) is 46.3 Å². The van der Waals surface area contributed by atoms with Gasteiger partial charge in [0.25, 0.3) is 5.91 Å². The summed E-state index contributed by atoms with van der Waals surface area (Å²) in [7, 11) is 0. The standard InChI is InChI=1S/C15H21FN2O/c1-10(2)12-7-14(17)9-18(8-12)15(19)11-3-5-13(16)6-4-11/h3-6,10,12,14H,7-9,17H2,1-2H3. The van der Waals surface area contributed by atoms with Gasteiger partial charge in [0.05, 0.1) is 0 Å². The molecule has 2 unspecified atom stereocenters. The van der Waals surface area contributed by atoms with Crippen LogP contribution in [0.15, 0.2) is 24.3 Å². The smallest absolute Gasteiger partial charge is 0.253 e. The fourth-order valence-electron chi connectivity index (χ4n) is 2.60. The van der Waals surface area contributed by atoms with E-state index in [2.05, 4.69) is 13.8 Å². The van der Waals surface area contributed by atoms with Crippen LogP contribution < -0.4 is 5.73 Å². The molecule has 1 heterocycles. The maximum absolute atomic E-state index is 12.9. The summed E-state index contributed by atoms with van der Waals surface area (Å²) in [5.41, 5.74) is 6.57. The molecule has 1 aromatic carbocycles. The molecule has 19 heavy (non-hydrogen) atoms. The predicted octanol–water partition coefficient (Wildman–Crippen LogP) is 2.27. The molecule has 1 saturated heterocycles. The maximum Gasteiger partial charge on any atom is 0.253 e. The van der Waals surface area contributed by atoms with Crippen LogP contribution in [0.5, 0.6) is 0 Å². The van der Waals surface area contributed by atoms with Gasteiger partial charge in [0, 0.05) is 24.7 Å². The maximum atomic E-state index is 12.9. The number of benzene rings is 1. The number of hydrogen-bond acceptors (Lipinski definition) is 2. The van der Waals surface area contributed by atoms with Crippen LogP contribution in [0.2, 0.25) is 0 Å². The number of hydrogen-bond donors (Lipinski definition) is 1. The van der Waals surface area contributed by atoms with Crippen LogP contribution in [-0.2, 0) is 0 Å². The lowest BCUT2D eigenvalue weighted by molar-refractivity contribution is 0.0612. The molecule has 0 radical (unpaired) electrons. The number of carbonyl (C=O) groups is 1. The van der Waals surface area contributed by atoms with Gasteiger partial charge in [-0.25, -0.2) is 4.39 Å². The summed E-state index contributed by atoms with van der Waals surface area (Å²) in [6.07, 6.45) is 0.963. The average molecular weight is 264 g/mol. The molecule has 4 heteroatoms. The summed E-state index contributed by atoms with van der Waals surface area (Å²) in [6.45, 7) is 5.63. The fraction of sp³-hybridized carbons (Fsp3) is 0.533. The van der Waals surface area contributed by atoms with Gasteiger partial charge in [0.2, 0.25) is 0 Å². The van der Waals surface area contributed by atoms with Crippen molar-refractivity contribution in [3.63, 3.8) is 0 Å². The first-order valence-electron chi connectivity index (χ1n) is 6.77. The van der Waals surface area contributed by atoms with E-state index in [0.29, 0.717) is 23.9 Å². The Balaban J connectivity index is 2.11. The molecular formula is C15H21FN2O. The third-order valence-electron chi connectivity index (χ3n) is 3.84. The highest BCUT2D eigenvalue weighted by atomic mass is 19.1. The molecule has 0 aromatic heterocycles. The van der Waals surface area contributed by atoms with Crippen molar-refractivity contribution in [2.45, 2.75) is 26.3 Å². The summed E-state index contributed by atoms with van der Waals surface area (Å²) in [6, 6.07) is 5.73. The normalized spacial score (nSPS) is 23.7. The molecule has 0 aliphatic carbocycles. The molecule has 1 aliphatic rings. The van der Waals surface area contributed by atoms with E-state index in [9.17, 15) is 9.18 Å². The Kier molecular flexibility index (Phi) is 4.20. The van der Waals surface area contributed by atoms with E-state index in [1.807, 2.05) is 0 Å². The quantitative estimate of drug-likeness (QED) is 0.890. The molecular weight excluding hydrogens is 243 g/mol. The third-order valence-corrected chi connectivity index (χ3v) is 3.84. The lowest BCUT2D eigenvalue weighted by Gasteiger charge is -2.38. The van der Waals surface area contributed by atoms with Crippen molar-refractivity contribution in [1.82, 2.24) is 4.90 Å². The molecule has 0 bridgehead atoms. The lowest BCUT2D eigenvalue weighted by Crippen LogP contribution is -2.50. The first-order chi connectivity index (χ1) is 8.97. The van der Waals surface area contributed by atoms with Crippen molar-refractivity contribution in [2.75, 3.05) is 13.1 Å². The van der Waals surface area contributed by atoms with Crippen LogP contribution in [-0.4, -0.2) is 29.9 Å². The number of halogens is 1. The van der Waals surface area contributed by atoms with E-state index in [4.69, 9.17) is 5.73 Å². The summed E-state index contributed by atoms with van der Waals surface area (Å²) in [4.78, 5) is 14.2. The Hall–Kier alpha value is -1.42. The lowest BCUT2D eigenvalue weighted by atomic mass is 9.85. The number of amides is 1. The van der Waals surface area contributed by atoms with Gasteiger partial charge in [0.1, 0.15) is 5.82 Å². The molecule has 104 valence electrons. The van der Waals surface area contributed by atoms with Gasteiger partial charge in [-0.15, -0.1) is 0 Å². The van der Waals surface area contributed by atoms with Crippen LogP contribution in [0.4, 0.5) is 4.39 Å². The molecule has 1 fully saturated rings. The van der Waals surface area contributed by atoms with Gasteiger partial charge in [-0.2, -0.15) is 0 Å². The Morgan fingerprint density at radius 2 is 1.95 bits per heavy atom. The number of carbonyl (C=O) groups excluding carboxylic acids is 1. The van der Waals surface area contributed by atoms with Crippen molar-refractivity contribution < 1.29 is 9.18 Å². The monoisotopic (exact) mass is 264 g/mol. The molecule has 1 aliphatic heterocycles. The minimum atomic E-state index is -0.327. The van der Waals surface area contributed by atoms with Crippen LogP contribution in [0, 0.1) is 17.7 Å². The zero-order valence-electron chi connectivity index (χ0n) is 11.5. The Bertz CT molecular complexity index is 444. The molecule has 2 N–H and O–H groups in total. The Morgan fingerprint density at radius 1 is 1.32 bits per heavy atom. The summed E-state index contributed by atoms with van der Waals surface area (Å²) < 4.78 is 12.9. The van der Waals surface area contributed by atoms with Crippen molar-refractivity contribution in [2.24, 2.45) is 17.6 Å². The van der Waals surface area contributed by atoms with Crippen molar-refractivity contribution >= 4 is 5.91 Å². The number of nitrogens with zero attached hydrogens (tertiary/aromatic N) is 1. The van der Waals surface area contributed by atoms with Gasteiger partial charge in [-0.1, -0.05) is 13.8 Å². The van der Waals surface area contributed by atoms with Crippen molar-refractivity contribution in [1.29, 1.82) is 0 Å². The number of nitrogens with two attached hydrogens (primary N) is 1. The zero-order chi connectivity index (χ0) is 14.0. The zero-order valence-corrected chi connectivity index (χ0v) is 11.5. The van der Waals surface area contributed by atoms with E-state index in [0.717, 1.165) is 13.0 Å². The average Bonchev–Trinajstić information content (AvgIpc) is 2.38. The summed E-state index contributed by atoms with van der Waals surface area (Å²) >= 11 is 0. The second-order valence-electron chi connectivity index (χ2n) is 5.72. The van der Waals surface area contributed by atoms with Gasteiger partial charge in [-0.05, 0) is 42.5 Å². The fourth-order valence-corrected chi connectivity index (χ4v) is 2.60. The first-order valence-corrected chi connectivity index (χ1v) is 6.77.